The first kappa shape index (κ1) is 17.8. The number of rotatable bonds is 6. The molecule has 0 spiro atoms. The van der Waals surface area contributed by atoms with Crippen LogP contribution in [0.1, 0.15) is 33.2 Å². The van der Waals surface area contributed by atoms with Crippen molar-refractivity contribution in [2.45, 2.75) is 13.8 Å². The molecule has 2 heterocycles. The predicted molar refractivity (Wildman–Crippen MR) is 101 cm³/mol. The molecule has 8 heteroatoms. The van der Waals surface area contributed by atoms with Crippen LogP contribution in [0.15, 0.2) is 49.1 Å². The van der Waals surface area contributed by atoms with Gasteiger partial charge in [0.15, 0.2) is 0 Å². The van der Waals surface area contributed by atoms with Gasteiger partial charge < -0.3 is 10.6 Å². The van der Waals surface area contributed by atoms with Crippen LogP contribution in [-0.2, 0) is 0 Å². The summed E-state index contributed by atoms with van der Waals surface area (Å²) in [5.41, 5.74) is 1.51. The molecule has 1 aromatic carbocycles. The molecule has 0 fully saturated rings. The summed E-state index contributed by atoms with van der Waals surface area (Å²) in [5, 5.41) is 9.73. The molecule has 0 atom stereocenters. The number of aromatic nitrogens is 3. The second-order valence-electron chi connectivity index (χ2n) is 6.11. The predicted octanol–water partition coefficient (Wildman–Crippen LogP) is 2.97. The van der Waals surface area contributed by atoms with Gasteiger partial charge in [0.05, 0.1) is 15.4 Å². The highest BCUT2D eigenvalue weighted by atomic mass is 32.1. The topological polar surface area (TPSA) is 88.9 Å². The lowest BCUT2D eigenvalue weighted by molar-refractivity contribution is 0.0952. The van der Waals surface area contributed by atoms with Crippen LogP contribution in [0.3, 0.4) is 0 Å². The van der Waals surface area contributed by atoms with Gasteiger partial charge in [0.2, 0.25) is 0 Å². The van der Waals surface area contributed by atoms with E-state index in [1.165, 1.54) is 17.7 Å². The van der Waals surface area contributed by atoms with Gasteiger partial charge in [0.25, 0.3) is 11.8 Å². The van der Waals surface area contributed by atoms with Crippen LogP contribution < -0.4 is 10.6 Å². The van der Waals surface area contributed by atoms with E-state index >= 15 is 0 Å². The number of carbonyl (C=O) groups excluding carboxylic acids is 2. The molecule has 0 unspecified atom stereocenters. The summed E-state index contributed by atoms with van der Waals surface area (Å²) in [6.45, 7) is 4.67. The maximum absolute atomic E-state index is 12.4. The largest absolute Gasteiger partial charge is 0.351 e. The lowest BCUT2D eigenvalue weighted by Gasteiger charge is -2.06. The molecule has 134 valence electrons. The first-order valence-corrected chi connectivity index (χ1v) is 8.99. The van der Waals surface area contributed by atoms with Gasteiger partial charge in [-0.2, -0.15) is 5.10 Å². The summed E-state index contributed by atoms with van der Waals surface area (Å²) in [4.78, 5) is 29.3. The van der Waals surface area contributed by atoms with E-state index in [4.69, 9.17) is 0 Å². The summed E-state index contributed by atoms with van der Waals surface area (Å²) in [5.74, 6) is -0.0199. The zero-order chi connectivity index (χ0) is 18.5. The monoisotopic (exact) mass is 369 g/mol. The van der Waals surface area contributed by atoms with Crippen LogP contribution >= 0.6 is 11.3 Å². The highest BCUT2D eigenvalue weighted by molar-refractivity contribution is 7.16. The SMILES string of the molecule is CC(C)CNC(=O)c1ccc(C(=O)Nc2ccc(-n3cncn3)cc2)s1. The van der Waals surface area contributed by atoms with E-state index in [9.17, 15) is 9.59 Å². The molecule has 7 nitrogen and oxygen atoms in total. The van der Waals surface area contributed by atoms with E-state index in [-0.39, 0.29) is 11.8 Å². The van der Waals surface area contributed by atoms with Crippen molar-refractivity contribution in [3.63, 3.8) is 0 Å². The molecular formula is C18H19N5O2S. The third-order valence-corrected chi connectivity index (χ3v) is 4.62. The van der Waals surface area contributed by atoms with Crippen molar-refractivity contribution in [1.82, 2.24) is 20.1 Å². The minimum absolute atomic E-state index is 0.153. The standard InChI is InChI=1S/C18H19N5O2S/c1-12(2)9-20-17(24)15-7-8-16(26-15)18(25)22-13-3-5-14(6-4-13)23-11-19-10-21-23/h3-8,10-12H,9H2,1-2H3,(H,20,24)(H,22,25). The van der Waals surface area contributed by atoms with E-state index in [2.05, 4.69) is 20.7 Å². The maximum atomic E-state index is 12.4. The molecular weight excluding hydrogens is 350 g/mol. The molecule has 26 heavy (non-hydrogen) atoms. The fourth-order valence-corrected chi connectivity index (χ4v) is 3.02. The highest BCUT2D eigenvalue weighted by Crippen LogP contribution is 2.19. The number of amides is 2. The minimum atomic E-state index is -0.244. The number of hydrogen-bond donors (Lipinski definition) is 2. The van der Waals surface area contributed by atoms with Crippen molar-refractivity contribution >= 4 is 28.8 Å². The summed E-state index contributed by atoms with van der Waals surface area (Å²) >= 11 is 1.17. The Labute approximate surface area is 155 Å². The molecule has 3 rings (SSSR count). The molecule has 2 aromatic heterocycles. The fourth-order valence-electron chi connectivity index (χ4n) is 2.20. The Morgan fingerprint density at radius 1 is 1.08 bits per heavy atom. The van der Waals surface area contributed by atoms with Crippen molar-refractivity contribution < 1.29 is 9.59 Å². The molecule has 0 saturated carbocycles. The third-order valence-electron chi connectivity index (χ3n) is 3.53. The van der Waals surface area contributed by atoms with Gasteiger partial charge in [-0.25, -0.2) is 9.67 Å². The van der Waals surface area contributed by atoms with Crippen LogP contribution in [0.5, 0.6) is 0 Å². The lowest BCUT2D eigenvalue weighted by Crippen LogP contribution is -2.26. The average molecular weight is 369 g/mol. The van der Waals surface area contributed by atoms with E-state index in [1.807, 2.05) is 26.0 Å². The van der Waals surface area contributed by atoms with Crippen LogP contribution in [-0.4, -0.2) is 33.1 Å². The van der Waals surface area contributed by atoms with Crippen molar-refractivity contribution in [2.75, 3.05) is 11.9 Å². The number of anilines is 1. The summed E-state index contributed by atoms with van der Waals surface area (Å²) in [6.07, 6.45) is 3.06. The average Bonchev–Trinajstić information content (AvgIpc) is 3.32. The van der Waals surface area contributed by atoms with E-state index < -0.39 is 0 Å². The Bertz CT molecular complexity index is 885. The number of hydrogen-bond acceptors (Lipinski definition) is 5. The van der Waals surface area contributed by atoms with Crippen LogP contribution in [0.4, 0.5) is 5.69 Å². The lowest BCUT2D eigenvalue weighted by atomic mass is 10.2. The Kier molecular flexibility index (Phi) is 5.43. The normalized spacial score (nSPS) is 10.7. The van der Waals surface area contributed by atoms with E-state index in [1.54, 1.807) is 35.3 Å². The van der Waals surface area contributed by atoms with Gasteiger partial charge in [-0.15, -0.1) is 11.3 Å². The van der Waals surface area contributed by atoms with E-state index in [0.29, 0.717) is 27.9 Å². The molecule has 0 saturated heterocycles. The summed E-state index contributed by atoms with van der Waals surface area (Å²) in [7, 11) is 0. The van der Waals surface area contributed by atoms with Crippen molar-refractivity contribution in [3.05, 3.63) is 58.8 Å². The van der Waals surface area contributed by atoms with E-state index in [0.717, 1.165) is 5.69 Å². The number of nitrogens with zero attached hydrogens (tertiary/aromatic N) is 3. The first-order chi connectivity index (χ1) is 12.5. The van der Waals surface area contributed by atoms with Gasteiger partial charge in [-0.1, -0.05) is 13.8 Å². The van der Waals surface area contributed by atoms with Crippen LogP contribution in [0.2, 0.25) is 0 Å². The van der Waals surface area contributed by atoms with Crippen molar-refractivity contribution in [3.8, 4) is 5.69 Å². The Morgan fingerprint density at radius 3 is 2.38 bits per heavy atom. The fraction of sp³-hybridized carbons (Fsp3) is 0.222. The van der Waals surface area contributed by atoms with Crippen molar-refractivity contribution in [1.29, 1.82) is 0 Å². The summed E-state index contributed by atoms with van der Waals surface area (Å²) in [6, 6.07) is 10.6. The Hall–Kier alpha value is -3.00. The van der Waals surface area contributed by atoms with Gasteiger partial charge in [-0.3, -0.25) is 9.59 Å². The molecule has 0 aliphatic rings. The van der Waals surface area contributed by atoms with Gasteiger partial charge >= 0.3 is 0 Å². The zero-order valence-electron chi connectivity index (χ0n) is 14.5. The number of nitrogens with one attached hydrogen (secondary N) is 2. The molecule has 3 aromatic rings. The number of thiophene rings is 1. The molecule has 0 aliphatic heterocycles. The molecule has 0 aliphatic carbocycles. The second-order valence-corrected chi connectivity index (χ2v) is 7.19. The third kappa shape index (κ3) is 4.34. The van der Waals surface area contributed by atoms with Gasteiger partial charge in [0, 0.05) is 12.2 Å². The maximum Gasteiger partial charge on any atom is 0.265 e. The smallest absolute Gasteiger partial charge is 0.265 e. The highest BCUT2D eigenvalue weighted by Gasteiger charge is 2.14. The first-order valence-electron chi connectivity index (χ1n) is 8.17. The quantitative estimate of drug-likeness (QED) is 0.699. The van der Waals surface area contributed by atoms with Crippen LogP contribution in [0.25, 0.3) is 5.69 Å². The van der Waals surface area contributed by atoms with Gasteiger partial charge in [-0.05, 0) is 42.3 Å². The molecule has 2 amide bonds. The zero-order valence-corrected chi connectivity index (χ0v) is 15.3. The Balaban J connectivity index is 1.62. The Morgan fingerprint density at radius 2 is 1.77 bits per heavy atom. The summed E-state index contributed by atoms with van der Waals surface area (Å²) < 4.78 is 1.63. The van der Waals surface area contributed by atoms with Gasteiger partial charge in [0.1, 0.15) is 12.7 Å². The molecule has 2 N–H and O–H groups in total. The second kappa shape index (κ2) is 7.92. The van der Waals surface area contributed by atoms with Crippen molar-refractivity contribution in [2.24, 2.45) is 5.92 Å². The molecule has 0 radical (unpaired) electrons. The number of benzene rings is 1. The minimum Gasteiger partial charge on any atom is -0.351 e. The van der Waals surface area contributed by atoms with Crippen LogP contribution in [0, 0.1) is 5.92 Å². The molecule has 0 bridgehead atoms. The number of carbonyl (C=O) groups is 2.